The van der Waals surface area contributed by atoms with E-state index in [1.807, 2.05) is 75.0 Å². The van der Waals surface area contributed by atoms with Crippen molar-refractivity contribution in [3.63, 3.8) is 0 Å². The molecule has 0 saturated carbocycles. The average molecular weight is 426 g/mol. The number of nitrogens with zero attached hydrogens (tertiary/aromatic N) is 5. The topological polar surface area (TPSA) is 71.3 Å². The SMILES string of the molecule is Cc1cc(C)c(S(=O)(=O)N2CCN(c3cc(-n4cccc4)nc(C)n3)CC2)c(C)c1. The predicted octanol–water partition coefficient (Wildman–Crippen LogP) is 3.01. The van der Waals surface area contributed by atoms with E-state index < -0.39 is 10.0 Å². The summed E-state index contributed by atoms with van der Waals surface area (Å²) in [4.78, 5) is 11.7. The van der Waals surface area contributed by atoms with Crippen molar-refractivity contribution in [1.82, 2.24) is 18.8 Å². The summed E-state index contributed by atoms with van der Waals surface area (Å²) in [5.74, 6) is 2.33. The molecule has 1 saturated heterocycles. The Labute approximate surface area is 178 Å². The van der Waals surface area contributed by atoms with E-state index >= 15 is 0 Å². The Morgan fingerprint density at radius 2 is 1.37 bits per heavy atom. The lowest BCUT2D eigenvalue weighted by atomic mass is 10.1. The third kappa shape index (κ3) is 3.85. The molecule has 0 aliphatic carbocycles. The van der Waals surface area contributed by atoms with Crippen LogP contribution in [0.1, 0.15) is 22.5 Å². The third-order valence-corrected chi connectivity index (χ3v) is 7.65. The minimum atomic E-state index is -3.53. The monoisotopic (exact) mass is 425 g/mol. The van der Waals surface area contributed by atoms with Crippen molar-refractivity contribution in [2.24, 2.45) is 0 Å². The summed E-state index contributed by atoms with van der Waals surface area (Å²) in [7, 11) is -3.53. The zero-order chi connectivity index (χ0) is 21.5. The van der Waals surface area contributed by atoms with E-state index in [-0.39, 0.29) is 0 Å². The highest BCUT2D eigenvalue weighted by Crippen LogP contribution is 2.27. The van der Waals surface area contributed by atoms with Crippen LogP contribution in [0.5, 0.6) is 0 Å². The van der Waals surface area contributed by atoms with Gasteiger partial charge in [0.25, 0.3) is 0 Å². The van der Waals surface area contributed by atoms with Crippen molar-refractivity contribution in [3.8, 4) is 5.82 Å². The van der Waals surface area contributed by atoms with Gasteiger partial charge >= 0.3 is 0 Å². The number of benzene rings is 1. The average Bonchev–Trinajstić information content (AvgIpc) is 3.21. The summed E-state index contributed by atoms with van der Waals surface area (Å²) >= 11 is 0. The number of aryl methyl sites for hydroxylation is 4. The summed E-state index contributed by atoms with van der Waals surface area (Å²) in [6, 6.07) is 9.72. The number of sulfonamides is 1. The van der Waals surface area contributed by atoms with Crippen molar-refractivity contribution in [2.75, 3.05) is 31.1 Å². The molecule has 1 aliphatic heterocycles. The summed E-state index contributed by atoms with van der Waals surface area (Å²) in [5.41, 5.74) is 2.68. The molecule has 0 radical (unpaired) electrons. The largest absolute Gasteiger partial charge is 0.354 e. The van der Waals surface area contributed by atoms with Crippen LogP contribution in [0.3, 0.4) is 0 Å². The first kappa shape index (κ1) is 20.6. The van der Waals surface area contributed by atoms with Crippen LogP contribution in [-0.4, -0.2) is 53.4 Å². The molecule has 3 heterocycles. The molecule has 1 aliphatic rings. The van der Waals surface area contributed by atoms with Gasteiger partial charge in [-0.05, 0) is 51.0 Å². The van der Waals surface area contributed by atoms with Crippen LogP contribution in [0.2, 0.25) is 0 Å². The number of rotatable bonds is 4. The minimum Gasteiger partial charge on any atom is -0.354 e. The van der Waals surface area contributed by atoms with Gasteiger partial charge in [-0.1, -0.05) is 17.7 Å². The van der Waals surface area contributed by atoms with Gasteiger partial charge < -0.3 is 9.47 Å². The Kier molecular flexibility index (Phi) is 5.38. The quantitative estimate of drug-likeness (QED) is 0.643. The van der Waals surface area contributed by atoms with E-state index in [1.165, 1.54) is 0 Å². The number of hydrogen-bond donors (Lipinski definition) is 0. The summed E-state index contributed by atoms with van der Waals surface area (Å²) < 4.78 is 30.2. The van der Waals surface area contributed by atoms with Gasteiger partial charge in [0.2, 0.25) is 10.0 Å². The molecule has 0 unspecified atom stereocenters. The van der Waals surface area contributed by atoms with Crippen LogP contribution >= 0.6 is 0 Å². The minimum absolute atomic E-state index is 0.428. The molecular formula is C22H27N5O2S. The molecule has 30 heavy (non-hydrogen) atoms. The van der Waals surface area contributed by atoms with E-state index in [2.05, 4.69) is 14.9 Å². The number of hydrogen-bond acceptors (Lipinski definition) is 5. The molecule has 0 atom stereocenters. The lowest BCUT2D eigenvalue weighted by Crippen LogP contribution is -2.49. The first-order valence-electron chi connectivity index (χ1n) is 10.1. The summed E-state index contributed by atoms with van der Waals surface area (Å²) in [6.07, 6.45) is 3.89. The lowest BCUT2D eigenvalue weighted by molar-refractivity contribution is 0.383. The van der Waals surface area contributed by atoms with Crippen LogP contribution in [-0.2, 0) is 10.0 Å². The lowest BCUT2D eigenvalue weighted by Gasteiger charge is -2.35. The van der Waals surface area contributed by atoms with E-state index in [0.29, 0.717) is 36.9 Å². The second kappa shape index (κ2) is 7.85. The van der Waals surface area contributed by atoms with Crippen LogP contribution in [0, 0.1) is 27.7 Å². The normalized spacial score (nSPS) is 15.5. The zero-order valence-electron chi connectivity index (χ0n) is 17.8. The zero-order valence-corrected chi connectivity index (χ0v) is 18.6. The number of anilines is 1. The maximum absolute atomic E-state index is 13.3. The van der Waals surface area contributed by atoms with Gasteiger partial charge in [0.15, 0.2) is 0 Å². The fourth-order valence-corrected chi connectivity index (χ4v) is 6.01. The highest BCUT2D eigenvalue weighted by Gasteiger charge is 2.31. The molecule has 7 nitrogen and oxygen atoms in total. The maximum Gasteiger partial charge on any atom is 0.243 e. The van der Waals surface area contributed by atoms with Crippen molar-refractivity contribution in [1.29, 1.82) is 0 Å². The molecule has 0 bridgehead atoms. The highest BCUT2D eigenvalue weighted by atomic mass is 32.2. The van der Waals surface area contributed by atoms with Gasteiger partial charge in [0, 0.05) is 44.6 Å². The molecular weight excluding hydrogens is 398 g/mol. The van der Waals surface area contributed by atoms with Crippen LogP contribution in [0.25, 0.3) is 5.82 Å². The molecule has 4 rings (SSSR count). The first-order chi connectivity index (χ1) is 14.3. The molecule has 2 aromatic heterocycles. The molecule has 1 fully saturated rings. The van der Waals surface area contributed by atoms with Crippen molar-refractivity contribution in [2.45, 2.75) is 32.6 Å². The Bertz CT molecular complexity index is 1140. The van der Waals surface area contributed by atoms with Gasteiger partial charge in [0.1, 0.15) is 17.5 Å². The van der Waals surface area contributed by atoms with Crippen molar-refractivity contribution < 1.29 is 8.42 Å². The van der Waals surface area contributed by atoms with Crippen molar-refractivity contribution in [3.05, 3.63) is 65.2 Å². The Hall–Kier alpha value is -2.71. The summed E-state index contributed by atoms with van der Waals surface area (Å²) in [5, 5.41) is 0. The molecule has 3 aromatic rings. The predicted molar refractivity (Wildman–Crippen MR) is 118 cm³/mol. The van der Waals surface area contributed by atoms with Gasteiger partial charge in [-0.2, -0.15) is 4.31 Å². The van der Waals surface area contributed by atoms with E-state index in [9.17, 15) is 8.42 Å². The van der Waals surface area contributed by atoms with E-state index in [0.717, 1.165) is 28.3 Å². The van der Waals surface area contributed by atoms with Gasteiger partial charge in [-0.25, -0.2) is 18.4 Å². The summed E-state index contributed by atoms with van der Waals surface area (Å²) in [6.45, 7) is 9.63. The van der Waals surface area contributed by atoms with E-state index in [1.54, 1.807) is 4.31 Å². The highest BCUT2D eigenvalue weighted by molar-refractivity contribution is 7.89. The third-order valence-electron chi connectivity index (χ3n) is 5.45. The molecule has 0 spiro atoms. The van der Waals surface area contributed by atoms with Gasteiger partial charge in [0.05, 0.1) is 4.90 Å². The standard InChI is InChI=1S/C22H27N5O2S/c1-16-13-17(2)22(18(3)14-16)30(28,29)27-11-9-26(10-12-27)21-15-20(23-19(4)24-21)25-7-5-6-8-25/h5-8,13-15H,9-12H2,1-4H3. The van der Waals surface area contributed by atoms with Crippen molar-refractivity contribution >= 4 is 15.8 Å². The van der Waals surface area contributed by atoms with E-state index in [4.69, 9.17) is 0 Å². The first-order valence-corrected chi connectivity index (χ1v) is 11.5. The Balaban J connectivity index is 1.55. The fourth-order valence-electron chi connectivity index (χ4n) is 4.18. The molecule has 1 aromatic carbocycles. The molecule has 158 valence electrons. The van der Waals surface area contributed by atoms with Gasteiger partial charge in [-0.15, -0.1) is 0 Å². The van der Waals surface area contributed by atoms with Crippen LogP contribution < -0.4 is 4.90 Å². The molecule has 8 heteroatoms. The van der Waals surface area contributed by atoms with Crippen LogP contribution in [0.15, 0.2) is 47.6 Å². The van der Waals surface area contributed by atoms with Crippen LogP contribution in [0.4, 0.5) is 5.82 Å². The molecule has 0 amide bonds. The smallest absolute Gasteiger partial charge is 0.243 e. The van der Waals surface area contributed by atoms with Gasteiger partial charge in [-0.3, -0.25) is 0 Å². The second-order valence-corrected chi connectivity index (χ2v) is 9.72. The number of piperazine rings is 1. The fraction of sp³-hybridized carbons (Fsp3) is 0.364. The Morgan fingerprint density at radius 3 is 1.97 bits per heavy atom. The number of aromatic nitrogens is 3. The second-order valence-electron chi connectivity index (χ2n) is 7.84. The molecule has 0 N–H and O–H groups in total. The Morgan fingerprint density at radius 1 is 0.800 bits per heavy atom. The maximum atomic E-state index is 13.3.